The molecule has 0 saturated heterocycles. The summed E-state index contributed by atoms with van der Waals surface area (Å²) in [6.07, 6.45) is -0.445. The van der Waals surface area contributed by atoms with Gasteiger partial charge in [0.1, 0.15) is 23.6 Å². The maximum atomic E-state index is 6.46. The number of nitrogens with one attached hydrogen (secondary N) is 1. The number of ether oxygens (including phenoxy) is 3. The smallest absolute Gasteiger partial charge is 0.132 e. The molecule has 1 N–H and O–H groups in total. The summed E-state index contributed by atoms with van der Waals surface area (Å²) < 4.78 is 19.1. The highest BCUT2D eigenvalue weighted by Gasteiger charge is 2.45. The minimum Gasteiger partial charge on any atom is -0.485 e. The molecule has 4 nitrogen and oxygen atoms in total. The van der Waals surface area contributed by atoms with Crippen LogP contribution in [-0.4, -0.2) is 18.3 Å². The highest BCUT2D eigenvalue weighted by atomic mass is 16.6. The van der Waals surface area contributed by atoms with Crippen LogP contribution in [0.15, 0.2) is 66.7 Å². The third-order valence-electron chi connectivity index (χ3n) is 6.16. The Bertz CT molecular complexity index is 1060. The summed E-state index contributed by atoms with van der Waals surface area (Å²) in [7, 11) is 0. The number of rotatable bonds is 8. The maximum Gasteiger partial charge on any atom is 0.132 e. The molecule has 0 fully saturated rings. The minimum absolute atomic E-state index is 0.208. The van der Waals surface area contributed by atoms with Crippen molar-refractivity contribution in [3.05, 3.63) is 94.5 Å². The first-order valence-corrected chi connectivity index (χ1v) is 11.8. The van der Waals surface area contributed by atoms with E-state index < -0.39 is 5.60 Å². The van der Waals surface area contributed by atoms with E-state index in [4.69, 9.17) is 14.2 Å². The van der Waals surface area contributed by atoms with Gasteiger partial charge in [0.2, 0.25) is 0 Å². The second-order valence-electron chi connectivity index (χ2n) is 9.39. The number of hydrogen-bond acceptors (Lipinski definition) is 4. The lowest BCUT2D eigenvalue weighted by molar-refractivity contribution is -0.165. The summed E-state index contributed by atoms with van der Waals surface area (Å²) in [5.74, 6) is 0.856. The van der Waals surface area contributed by atoms with Gasteiger partial charge in [-0.1, -0.05) is 59.7 Å². The van der Waals surface area contributed by atoms with E-state index in [-0.39, 0.29) is 12.2 Å². The summed E-state index contributed by atoms with van der Waals surface area (Å²) in [4.78, 5) is 0. The van der Waals surface area contributed by atoms with E-state index in [9.17, 15) is 0 Å². The Hall–Kier alpha value is -2.82. The number of aryl methyl sites for hydroxylation is 2. The Morgan fingerprint density at radius 3 is 2.12 bits per heavy atom. The molecule has 2 unspecified atom stereocenters. The van der Waals surface area contributed by atoms with Crippen LogP contribution in [0.1, 0.15) is 54.7 Å². The number of fused-ring (bicyclic) bond motifs is 1. The average Bonchev–Trinajstić information content (AvgIpc) is 2.79. The van der Waals surface area contributed by atoms with Crippen LogP contribution in [0.3, 0.4) is 0 Å². The van der Waals surface area contributed by atoms with Crippen LogP contribution in [-0.2, 0) is 22.6 Å². The van der Waals surface area contributed by atoms with Gasteiger partial charge in [-0.15, -0.1) is 0 Å². The summed E-state index contributed by atoms with van der Waals surface area (Å²) in [6.45, 7) is 12.3. The Labute approximate surface area is 197 Å². The van der Waals surface area contributed by atoms with E-state index in [2.05, 4.69) is 93.7 Å². The summed E-state index contributed by atoms with van der Waals surface area (Å²) in [5.41, 5.74) is 6.45. The van der Waals surface area contributed by atoms with Gasteiger partial charge in [-0.25, -0.2) is 0 Å². The lowest BCUT2D eigenvalue weighted by Crippen LogP contribution is -2.51. The van der Waals surface area contributed by atoms with Gasteiger partial charge >= 0.3 is 0 Å². The molecule has 0 radical (unpaired) electrons. The molecule has 0 amide bonds. The first-order valence-electron chi connectivity index (χ1n) is 11.8. The Morgan fingerprint density at radius 2 is 1.48 bits per heavy atom. The molecule has 174 valence electrons. The van der Waals surface area contributed by atoms with E-state index in [0.717, 1.165) is 29.1 Å². The molecule has 4 rings (SSSR count). The molecular weight excluding hydrogens is 410 g/mol. The average molecular weight is 446 g/mol. The molecule has 3 aromatic carbocycles. The molecule has 0 spiro atoms. The van der Waals surface area contributed by atoms with Crippen LogP contribution in [0.4, 0.5) is 5.69 Å². The quantitative estimate of drug-likeness (QED) is 0.416. The van der Waals surface area contributed by atoms with Gasteiger partial charge in [0, 0.05) is 24.4 Å². The molecule has 4 heteroatoms. The maximum absolute atomic E-state index is 6.46. The van der Waals surface area contributed by atoms with Crippen molar-refractivity contribution in [3.8, 4) is 5.75 Å². The molecule has 33 heavy (non-hydrogen) atoms. The fourth-order valence-corrected chi connectivity index (χ4v) is 4.27. The molecule has 3 aromatic rings. The van der Waals surface area contributed by atoms with Crippen LogP contribution < -0.4 is 10.1 Å². The van der Waals surface area contributed by atoms with Gasteiger partial charge in [-0.2, -0.15) is 0 Å². The molecule has 0 bridgehead atoms. The molecule has 1 aliphatic rings. The molecule has 0 aromatic heterocycles. The van der Waals surface area contributed by atoms with Gasteiger partial charge in [0.15, 0.2) is 0 Å². The van der Waals surface area contributed by atoms with Crippen molar-refractivity contribution in [2.45, 2.75) is 65.6 Å². The number of hydrogen-bond donors (Lipinski definition) is 1. The van der Waals surface area contributed by atoms with Crippen LogP contribution in [0, 0.1) is 13.8 Å². The van der Waals surface area contributed by atoms with E-state index in [1.807, 2.05) is 13.0 Å². The molecule has 1 aliphatic heterocycles. The zero-order valence-electron chi connectivity index (χ0n) is 20.4. The van der Waals surface area contributed by atoms with Crippen LogP contribution in [0.2, 0.25) is 0 Å². The second kappa shape index (κ2) is 9.98. The first kappa shape index (κ1) is 23.3. The predicted molar refractivity (Wildman–Crippen MR) is 134 cm³/mol. The van der Waals surface area contributed by atoms with Crippen molar-refractivity contribution in [3.63, 3.8) is 0 Å². The molecular formula is C29H35NO3. The van der Waals surface area contributed by atoms with E-state index >= 15 is 0 Å². The minimum atomic E-state index is -0.519. The molecule has 0 aliphatic carbocycles. The first-order chi connectivity index (χ1) is 15.9. The van der Waals surface area contributed by atoms with Crippen molar-refractivity contribution in [1.82, 2.24) is 0 Å². The van der Waals surface area contributed by atoms with Crippen LogP contribution in [0.25, 0.3) is 0 Å². The highest BCUT2D eigenvalue weighted by Crippen LogP contribution is 2.44. The zero-order chi connectivity index (χ0) is 23.4. The van der Waals surface area contributed by atoms with Gasteiger partial charge in [0.25, 0.3) is 0 Å². The van der Waals surface area contributed by atoms with E-state index in [1.165, 1.54) is 16.7 Å². The van der Waals surface area contributed by atoms with Crippen molar-refractivity contribution in [2.75, 3.05) is 11.9 Å². The van der Waals surface area contributed by atoms with Crippen molar-refractivity contribution in [2.24, 2.45) is 0 Å². The number of benzene rings is 3. The van der Waals surface area contributed by atoms with Crippen molar-refractivity contribution >= 4 is 5.69 Å². The van der Waals surface area contributed by atoms with Gasteiger partial charge < -0.3 is 19.5 Å². The summed E-state index contributed by atoms with van der Waals surface area (Å²) >= 11 is 0. The third-order valence-corrected chi connectivity index (χ3v) is 6.16. The molecule has 2 atom stereocenters. The topological polar surface area (TPSA) is 39.7 Å². The highest BCUT2D eigenvalue weighted by molar-refractivity contribution is 5.54. The Kier molecular flexibility index (Phi) is 7.06. The zero-order valence-corrected chi connectivity index (χ0v) is 20.4. The van der Waals surface area contributed by atoms with E-state index in [1.54, 1.807) is 0 Å². The normalized spacial score (nSPS) is 18.9. The lowest BCUT2D eigenvalue weighted by atomic mass is 9.87. The van der Waals surface area contributed by atoms with Crippen molar-refractivity contribution < 1.29 is 14.2 Å². The summed E-state index contributed by atoms with van der Waals surface area (Å²) in [6, 6.07) is 23.3. The van der Waals surface area contributed by atoms with Gasteiger partial charge in [-0.05, 0) is 63.9 Å². The lowest BCUT2D eigenvalue weighted by Gasteiger charge is -2.44. The van der Waals surface area contributed by atoms with Crippen LogP contribution >= 0.6 is 0 Å². The monoisotopic (exact) mass is 445 g/mol. The Balaban J connectivity index is 1.55. The number of anilines is 1. The third kappa shape index (κ3) is 5.58. The van der Waals surface area contributed by atoms with E-state index in [0.29, 0.717) is 13.2 Å². The largest absolute Gasteiger partial charge is 0.485 e. The second-order valence-corrected chi connectivity index (χ2v) is 9.39. The molecule has 0 saturated carbocycles. The summed E-state index contributed by atoms with van der Waals surface area (Å²) in [5, 5.41) is 3.54. The standard InChI is InChI=1S/C29H35NO3/c1-6-31-27-25-17-24(30-18-22-11-7-20(2)8-12-22)15-16-26(25)33-29(4,5)28(27)32-19-23-13-9-21(3)10-14-23/h7-17,27-28,30H,6,18-19H2,1-5H3. The van der Waals surface area contributed by atoms with Crippen LogP contribution in [0.5, 0.6) is 5.75 Å². The van der Waals surface area contributed by atoms with Crippen molar-refractivity contribution in [1.29, 1.82) is 0 Å². The fraction of sp³-hybridized carbons (Fsp3) is 0.379. The molecule has 1 heterocycles. The SMILES string of the molecule is CCOC1c2cc(NCc3ccc(C)cc3)ccc2OC(C)(C)C1OCc1ccc(C)cc1. The Morgan fingerprint density at radius 1 is 0.848 bits per heavy atom. The fourth-order valence-electron chi connectivity index (χ4n) is 4.27. The predicted octanol–water partition coefficient (Wildman–Crippen LogP) is 6.75. The van der Waals surface area contributed by atoms with Gasteiger partial charge in [-0.3, -0.25) is 0 Å². The van der Waals surface area contributed by atoms with Gasteiger partial charge in [0.05, 0.1) is 6.61 Å².